The molecule has 6 N–H and O–H groups in total. The van der Waals surface area contributed by atoms with E-state index in [0.717, 1.165) is 27.9 Å². The van der Waals surface area contributed by atoms with E-state index in [-0.39, 0.29) is 36.4 Å². The second-order valence-electron chi connectivity index (χ2n) is 13.3. The fraction of sp³-hybridized carbons (Fsp3) is 0.410. The predicted octanol–water partition coefficient (Wildman–Crippen LogP) is 3.31. The third-order valence-corrected chi connectivity index (χ3v) is 9.60. The molecule has 12 nitrogen and oxygen atoms in total. The van der Waals surface area contributed by atoms with Gasteiger partial charge in [-0.15, -0.1) is 0 Å². The van der Waals surface area contributed by atoms with E-state index in [2.05, 4.69) is 16.0 Å². The van der Waals surface area contributed by atoms with Gasteiger partial charge in [0.25, 0.3) is 0 Å². The van der Waals surface area contributed by atoms with Gasteiger partial charge in [-0.1, -0.05) is 48.9 Å². The van der Waals surface area contributed by atoms with Crippen LogP contribution in [0.1, 0.15) is 55.4 Å². The van der Waals surface area contributed by atoms with Crippen molar-refractivity contribution in [2.75, 3.05) is 24.5 Å². The summed E-state index contributed by atoms with van der Waals surface area (Å²) in [6.07, 6.45) is 1.92. The number of amides is 5. The first-order valence-electron chi connectivity index (χ1n) is 17.6. The monoisotopic (exact) mass is 732 g/mol. The number of para-hydroxylation sites is 1. The Balaban J connectivity index is 1.34. The SMILES string of the molecule is CCC(=O)N(c1ccccc1)C1CCN(C(=O)[C@H](Cc2ccc(Cl)cc2)NC(=O)CNC(=O)[C@@H](C)NC(=O)[C@@H](N)Cc2c(C)cc(O)cc2C)CC1. The summed E-state index contributed by atoms with van der Waals surface area (Å²) < 4.78 is 0. The molecule has 3 aromatic rings. The average Bonchev–Trinajstić information content (AvgIpc) is 3.13. The number of likely N-dealkylation sites (tertiary alicyclic amines) is 1. The quantitative estimate of drug-likeness (QED) is 0.169. The van der Waals surface area contributed by atoms with Crippen LogP contribution in [-0.2, 0) is 36.8 Å². The number of carbonyl (C=O) groups excluding carboxylic acids is 5. The smallest absolute Gasteiger partial charge is 0.245 e. The van der Waals surface area contributed by atoms with Gasteiger partial charge in [-0.3, -0.25) is 24.0 Å². The van der Waals surface area contributed by atoms with Gasteiger partial charge in [0.05, 0.1) is 12.6 Å². The van der Waals surface area contributed by atoms with Crippen molar-refractivity contribution in [2.45, 2.75) is 84.0 Å². The third-order valence-electron chi connectivity index (χ3n) is 9.35. The van der Waals surface area contributed by atoms with E-state index in [1.54, 1.807) is 41.3 Å². The summed E-state index contributed by atoms with van der Waals surface area (Å²) in [4.78, 5) is 69.2. The molecule has 0 bridgehead atoms. The van der Waals surface area contributed by atoms with E-state index in [4.69, 9.17) is 17.3 Å². The number of rotatable bonds is 14. The van der Waals surface area contributed by atoms with Crippen LogP contribution in [0.15, 0.2) is 66.7 Å². The molecule has 1 fully saturated rings. The van der Waals surface area contributed by atoms with Crippen molar-refractivity contribution >= 4 is 46.8 Å². The zero-order valence-electron chi connectivity index (χ0n) is 30.2. The number of carbonyl (C=O) groups is 5. The molecule has 1 heterocycles. The van der Waals surface area contributed by atoms with Gasteiger partial charge in [0, 0.05) is 42.7 Å². The summed E-state index contributed by atoms with van der Waals surface area (Å²) in [6, 6.07) is 16.8. The highest BCUT2D eigenvalue weighted by Gasteiger charge is 2.33. The second-order valence-corrected chi connectivity index (χ2v) is 13.7. The summed E-state index contributed by atoms with van der Waals surface area (Å²) >= 11 is 6.08. The molecule has 52 heavy (non-hydrogen) atoms. The zero-order chi connectivity index (χ0) is 37.9. The Labute approximate surface area is 310 Å². The minimum atomic E-state index is -0.990. The number of nitrogens with zero attached hydrogens (tertiary/aromatic N) is 2. The van der Waals surface area contributed by atoms with Crippen molar-refractivity contribution in [1.29, 1.82) is 0 Å². The minimum Gasteiger partial charge on any atom is -0.508 e. The molecule has 4 rings (SSSR count). The topological polar surface area (TPSA) is 174 Å². The van der Waals surface area contributed by atoms with Crippen LogP contribution < -0.4 is 26.6 Å². The minimum absolute atomic E-state index is 0.0156. The molecule has 0 unspecified atom stereocenters. The fourth-order valence-corrected chi connectivity index (χ4v) is 6.62. The van der Waals surface area contributed by atoms with E-state index in [1.807, 2.05) is 56.0 Å². The molecule has 0 spiro atoms. The number of hydrogen-bond acceptors (Lipinski definition) is 7. The Morgan fingerprint density at radius 1 is 0.923 bits per heavy atom. The summed E-state index contributed by atoms with van der Waals surface area (Å²) in [5.74, 6) is -1.84. The van der Waals surface area contributed by atoms with Crippen molar-refractivity contribution in [3.8, 4) is 5.75 Å². The first-order chi connectivity index (χ1) is 24.8. The van der Waals surface area contributed by atoms with Crippen molar-refractivity contribution in [3.63, 3.8) is 0 Å². The van der Waals surface area contributed by atoms with E-state index in [9.17, 15) is 29.1 Å². The number of hydrogen-bond donors (Lipinski definition) is 5. The Morgan fingerprint density at radius 2 is 1.54 bits per heavy atom. The highest BCUT2D eigenvalue weighted by atomic mass is 35.5. The van der Waals surface area contributed by atoms with Gasteiger partial charge in [-0.05, 0) is 98.7 Å². The molecule has 5 amide bonds. The normalized spacial score (nSPS) is 14.8. The highest BCUT2D eigenvalue weighted by Crippen LogP contribution is 2.26. The summed E-state index contributed by atoms with van der Waals surface area (Å²) in [5, 5.41) is 18.3. The van der Waals surface area contributed by atoms with Gasteiger partial charge in [-0.25, -0.2) is 0 Å². The second kappa shape index (κ2) is 18.5. The van der Waals surface area contributed by atoms with E-state index < -0.39 is 42.4 Å². The standard InChI is InChI=1S/C39H49ClN6O6/c1-5-36(49)46(29-9-7-6-8-10-29)30-15-17-45(18-16-30)39(52)34(21-27-11-13-28(40)14-12-27)44-35(48)23-42-37(50)26(4)43-38(51)33(41)22-32-24(2)19-31(47)20-25(32)3/h6-14,19-20,26,30,33-34,47H,5,15-18,21-23,41H2,1-4H3,(H,42,50)(H,43,51)(H,44,48)/t26-,33+,34+/m1/s1. The molecular weight excluding hydrogens is 684 g/mol. The van der Waals surface area contributed by atoms with E-state index in [1.165, 1.54) is 6.92 Å². The van der Waals surface area contributed by atoms with Gasteiger partial charge in [0.15, 0.2) is 0 Å². The first-order valence-corrected chi connectivity index (χ1v) is 18.0. The summed E-state index contributed by atoms with van der Waals surface area (Å²) in [7, 11) is 0. The number of halogens is 1. The van der Waals surface area contributed by atoms with Gasteiger partial charge in [-0.2, -0.15) is 0 Å². The maximum Gasteiger partial charge on any atom is 0.245 e. The molecule has 1 saturated heterocycles. The molecule has 1 aliphatic rings. The molecule has 3 atom stereocenters. The predicted molar refractivity (Wildman–Crippen MR) is 201 cm³/mol. The van der Waals surface area contributed by atoms with Crippen molar-refractivity contribution in [3.05, 3.63) is 94.0 Å². The Hall–Kier alpha value is -4.94. The number of aromatic hydroxyl groups is 1. The molecule has 3 aromatic carbocycles. The first kappa shape index (κ1) is 39.8. The lowest BCUT2D eigenvalue weighted by atomic mass is 9.96. The van der Waals surface area contributed by atoms with Crippen LogP contribution >= 0.6 is 11.6 Å². The maximum absolute atomic E-state index is 13.9. The lowest BCUT2D eigenvalue weighted by molar-refractivity contribution is -0.137. The van der Waals surface area contributed by atoms with E-state index in [0.29, 0.717) is 37.4 Å². The lowest BCUT2D eigenvalue weighted by Gasteiger charge is -2.39. The molecule has 0 aromatic heterocycles. The van der Waals surface area contributed by atoms with Crippen molar-refractivity contribution in [1.82, 2.24) is 20.9 Å². The number of phenolic OH excluding ortho intramolecular Hbond substituents is 1. The Kier molecular flexibility index (Phi) is 14.2. The molecule has 0 aliphatic carbocycles. The molecular formula is C39H49ClN6O6. The summed E-state index contributed by atoms with van der Waals surface area (Å²) in [5.41, 5.74) is 10.2. The largest absolute Gasteiger partial charge is 0.508 e. The molecule has 278 valence electrons. The number of benzene rings is 3. The van der Waals surface area contributed by atoms with Crippen LogP contribution in [0.25, 0.3) is 0 Å². The van der Waals surface area contributed by atoms with E-state index >= 15 is 0 Å². The average molecular weight is 733 g/mol. The maximum atomic E-state index is 13.9. The molecule has 0 saturated carbocycles. The van der Waals surface area contributed by atoms with Gasteiger partial charge in [0.1, 0.15) is 17.8 Å². The van der Waals surface area contributed by atoms with Gasteiger partial charge in [0.2, 0.25) is 29.5 Å². The van der Waals surface area contributed by atoms with Crippen LogP contribution in [0.3, 0.4) is 0 Å². The number of piperidine rings is 1. The zero-order valence-corrected chi connectivity index (χ0v) is 30.9. The molecule has 13 heteroatoms. The fourth-order valence-electron chi connectivity index (χ4n) is 6.50. The molecule has 1 aliphatic heterocycles. The summed E-state index contributed by atoms with van der Waals surface area (Å²) in [6.45, 7) is 7.34. The third kappa shape index (κ3) is 10.8. The van der Waals surface area contributed by atoms with Gasteiger partial charge < -0.3 is 36.6 Å². The molecule has 0 radical (unpaired) electrons. The number of nitrogens with one attached hydrogen (secondary N) is 3. The van der Waals surface area contributed by atoms with Crippen LogP contribution in [0.4, 0.5) is 5.69 Å². The van der Waals surface area contributed by atoms with Crippen LogP contribution in [-0.4, -0.2) is 83.3 Å². The number of nitrogens with two attached hydrogens (primary N) is 1. The van der Waals surface area contributed by atoms with Gasteiger partial charge >= 0.3 is 0 Å². The van der Waals surface area contributed by atoms with Crippen LogP contribution in [0.2, 0.25) is 5.02 Å². The number of phenols is 1. The Bertz CT molecular complexity index is 1710. The van der Waals surface area contributed by atoms with Crippen LogP contribution in [0.5, 0.6) is 5.75 Å². The lowest BCUT2D eigenvalue weighted by Crippen LogP contribution is -2.56. The number of aryl methyl sites for hydroxylation is 2. The highest BCUT2D eigenvalue weighted by molar-refractivity contribution is 6.30. The van der Waals surface area contributed by atoms with Crippen molar-refractivity contribution < 1.29 is 29.1 Å². The van der Waals surface area contributed by atoms with Crippen LogP contribution in [0, 0.1) is 13.8 Å². The Morgan fingerprint density at radius 3 is 2.13 bits per heavy atom. The number of anilines is 1. The van der Waals surface area contributed by atoms with Crippen molar-refractivity contribution in [2.24, 2.45) is 5.73 Å².